The molecule has 1 unspecified atom stereocenters. The molecule has 0 saturated heterocycles. The van der Waals surface area contributed by atoms with Crippen LogP contribution in [0.1, 0.15) is 24.5 Å². The van der Waals surface area contributed by atoms with Gasteiger partial charge in [-0.15, -0.1) is 11.8 Å². The van der Waals surface area contributed by atoms with Crippen LogP contribution in [0.15, 0.2) is 47.4 Å². The lowest BCUT2D eigenvalue weighted by atomic mass is 10.0. The molecule has 2 aromatic carbocycles. The molecule has 0 fully saturated rings. The van der Waals surface area contributed by atoms with Crippen LogP contribution in [0.2, 0.25) is 0 Å². The zero-order valence-corrected chi connectivity index (χ0v) is 15.5. The largest absolute Gasteiger partial charge is 0.417 e. The number of nitrogens with one attached hydrogen (secondary N) is 1. The van der Waals surface area contributed by atoms with Gasteiger partial charge in [-0.2, -0.15) is 18.4 Å². The molecule has 0 spiro atoms. The van der Waals surface area contributed by atoms with Crippen molar-refractivity contribution >= 4 is 23.4 Å². The lowest BCUT2D eigenvalue weighted by Crippen LogP contribution is -2.44. The normalized spacial score (nSPS) is 13.5. The molecule has 9 heteroatoms. The molecule has 0 heterocycles. The van der Waals surface area contributed by atoms with Gasteiger partial charge in [-0.05, 0) is 48.9 Å². The van der Waals surface area contributed by atoms with Crippen LogP contribution in [-0.2, 0) is 11.0 Å². The van der Waals surface area contributed by atoms with Crippen molar-refractivity contribution in [3.63, 3.8) is 0 Å². The van der Waals surface area contributed by atoms with Gasteiger partial charge < -0.3 is 10.4 Å². The fraction of sp³-hybridized carbons (Fsp3) is 0.263. The van der Waals surface area contributed by atoms with E-state index in [9.17, 15) is 27.5 Å². The second kappa shape index (κ2) is 8.63. The first-order valence-electron chi connectivity index (χ1n) is 8.12. The van der Waals surface area contributed by atoms with Gasteiger partial charge in [0.15, 0.2) is 5.60 Å². The Hall–Kier alpha value is -2.57. The Morgan fingerprint density at radius 3 is 2.39 bits per heavy atom. The molecule has 4 nitrogen and oxygen atoms in total. The number of benzene rings is 2. The zero-order chi connectivity index (χ0) is 20.9. The number of hydrogen-bond acceptors (Lipinski definition) is 4. The summed E-state index contributed by atoms with van der Waals surface area (Å²) < 4.78 is 52.1. The molecular weight excluding hydrogens is 396 g/mol. The Morgan fingerprint density at radius 1 is 1.21 bits per heavy atom. The molecule has 0 aromatic heterocycles. The highest BCUT2D eigenvalue weighted by Crippen LogP contribution is 2.34. The van der Waals surface area contributed by atoms with E-state index in [2.05, 4.69) is 5.32 Å². The number of nitriles is 1. The Labute approximate surface area is 163 Å². The van der Waals surface area contributed by atoms with Gasteiger partial charge >= 0.3 is 6.18 Å². The van der Waals surface area contributed by atoms with Crippen molar-refractivity contribution in [3.05, 3.63) is 59.4 Å². The molecule has 148 valence electrons. The zero-order valence-electron chi connectivity index (χ0n) is 14.7. The van der Waals surface area contributed by atoms with Gasteiger partial charge in [0.25, 0.3) is 5.91 Å². The molecule has 0 radical (unpaired) electrons. The lowest BCUT2D eigenvalue weighted by molar-refractivity contribution is -0.138. The lowest BCUT2D eigenvalue weighted by Gasteiger charge is -2.25. The van der Waals surface area contributed by atoms with E-state index >= 15 is 0 Å². The predicted molar refractivity (Wildman–Crippen MR) is 97.2 cm³/mol. The summed E-state index contributed by atoms with van der Waals surface area (Å²) in [5, 5.41) is 21.7. The van der Waals surface area contributed by atoms with Gasteiger partial charge in [0, 0.05) is 16.3 Å². The SMILES string of the molecule is CCC(O)(CSc1ccc(F)cc1)C(=O)Nc1ccc(C#N)c(C(F)(F)F)c1. The molecule has 0 saturated carbocycles. The predicted octanol–water partition coefficient (Wildman–Crippen LogP) is 4.59. The van der Waals surface area contributed by atoms with E-state index in [0.717, 1.165) is 23.9 Å². The number of halogens is 4. The summed E-state index contributed by atoms with van der Waals surface area (Å²) >= 11 is 1.11. The topological polar surface area (TPSA) is 73.1 Å². The summed E-state index contributed by atoms with van der Waals surface area (Å²) in [5.74, 6) is -1.37. The molecular formula is C19H16F4N2O2S. The van der Waals surface area contributed by atoms with E-state index in [1.54, 1.807) is 6.92 Å². The molecule has 0 bridgehead atoms. The minimum atomic E-state index is -4.76. The van der Waals surface area contributed by atoms with Gasteiger partial charge in [0.05, 0.1) is 17.2 Å². The number of aliphatic hydroxyl groups is 1. The molecule has 0 aliphatic heterocycles. The van der Waals surface area contributed by atoms with Crippen LogP contribution in [0.25, 0.3) is 0 Å². The van der Waals surface area contributed by atoms with Crippen molar-refractivity contribution in [2.75, 3.05) is 11.1 Å². The van der Waals surface area contributed by atoms with E-state index in [4.69, 9.17) is 5.26 Å². The van der Waals surface area contributed by atoms with Gasteiger partial charge in [-0.3, -0.25) is 4.79 Å². The maximum Gasteiger partial charge on any atom is 0.417 e. The number of alkyl halides is 3. The summed E-state index contributed by atoms with van der Waals surface area (Å²) in [7, 11) is 0. The standard InChI is InChI=1S/C19H16F4N2O2S/c1-2-18(27,11-28-15-7-4-13(20)5-8-15)17(26)25-14-6-3-12(10-24)16(9-14)19(21,22)23/h3-9,27H,2,11H2,1H3,(H,25,26). The summed E-state index contributed by atoms with van der Waals surface area (Å²) in [6.07, 6.45) is -4.75. The maximum absolute atomic E-state index is 13.0. The number of thioether (sulfide) groups is 1. The molecule has 2 rings (SSSR count). The van der Waals surface area contributed by atoms with Crippen molar-refractivity contribution in [1.29, 1.82) is 5.26 Å². The highest BCUT2D eigenvalue weighted by Gasteiger charge is 2.36. The van der Waals surface area contributed by atoms with E-state index < -0.39 is 34.6 Å². The highest BCUT2D eigenvalue weighted by atomic mass is 32.2. The molecule has 2 aromatic rings. The van der Waals surface area contributed by atoms with E-state index in [1.165, 1.54) is 30.3 Å². The second-order valence-electron chi connectivity index (χ2n) is 5.95. The van der Waals surface area contributed by atoms with Crippen LogP contribution >= 0.6 is 11.8 Å². The molecule has 2 N–H and O–H groups in total. The third-order valence-corrected chi connectivity index (χ3v) is 5.23. The Bertz CT molecular complexity index is 894. The first-order valence-corrected chi connectivity index (χ1v) is 9.11. The quantitative estimate of drug-likeness (QED) is 0.538. The fourth-order valence-electron chi connectivity index (χ4n) is 2.26. The molecule has 28 heavy (non-hydrogen) atoms. The van der Waals surface area contributed by atoms with Crippen LogP contribution < -0.4 is 5.32 Å². The fourth-order valence-corrected chi connectivity index (χ4v) is 3.33. The monoisotopic (exact) mass is 412 g/mol. The van der Waals surface area contributed by atoms with E-state index in [-0.39, 0.29) is 17.9 Å². The minimum absolute atomic E-state index is 0.00936. The Balaban J connectivity index is 2.16. The van der Waals surface area contributed by atoms with Gasteiger partial charge in [-0.25, -0.2) is 4.39 Å². The minimum Gasteiger partial charge on any atom is -0.379 e. The van der Waals surface area contributed by atoms with Gasteiger partial charge in [0.2, 0.25) is 0 Å². The van der Waals surface area contributed by atoms with E-state index in [0.29, 0.717) is 11.0 Å². The van der Waals surface area contributed by atoms with Crippen LogP contribution in [0.3, 0.4) is 0 Å². The van der Waals surface area contributed by atoms with Gasteiger partial charge in [-0.1, -0.05) is 6.92 Å². The van der Waals surface area contributed by atoms with E-state index in [1.807, 2.05) is 0 Å². The third-order valence-electron chi connectivity index (χ3n) is 4.00. The first kappa shape index (κ1) is 21.7. The Kier molecular flexibility index (Phi) is 6.69. The van der Waals surface area contributed by atoms with Crippen molar-refractivity contribution in [2.24, 2.45) is 0 Å². The molecule has 1 atom stereocenters. The molecule has 0 aliphatic carbocycles. The van der Waals surface area contributed by atoms with Crippen LogP contribution in [-0.4, -0.2) is 22.4 Å². The van der Waals surface area contributed by atoms with Crippen molar-refractivity contribution in [3.8, 4) is 6.07 Å². The maximum atomic E-state index is 13.0. The average molecular weight is 412 g/mol. The number of anilines is 1. The summed E-state index contributed by atoms with van der Waals surface area (Å²) in [6.45, 7) is 1.56. The average Bonchev–Trinajstić information content (AvgIpc) is 2.66. The van der Waals surface area contributed by atoms with Crippen LogP contribution in [0, 0.1) is 17.1 Å². The third kappa shape index (κ3) is 5.24. The number of carbonyl (C=O) groups excluding carboxylic acids is 1. The number of hydrogen-bond donors (Lipinski definition) is 2. The second-order valence-corrected chi connectivity index (χ2v) is 7.00. The number of carbonyl (C=O) groups is 1. The molecule has 0 aliphatic rings. The number of rotatable bonds is 6. The smallest absolute Gasteiger partial charge is 0.379 e. The summed E-state index contributed by atoms with van der Waals surface area (Å²) in [4.78, 5) is 13.1. The molecule has 1 amide bonds. The summed E-state index contributed by atoms with van der Waals surface area (Å²) in [6, 6.07) is 9.68. The van der Waals surface area contributed by atoms with Gasteiger partial charge in [0.1, 0.15) is 5.82 Å². The number of nitrogens with zero attached hydrogens (tertiary/aromatic N) is 1. The Morgan fingerprint density at radius 2 is 1.86 bits per heavy atom. The first-order chi connectivity index (χ1) is 13.1. The summed E-state index contributed by atoms with van der Waals surface area (Å²) in [5.41, 5.74) is -3.78. The highest BCUT2D eigenvalue weighted by molar-refractivity contribution is 7.99. The van der Waals surface area contributed by atoms with Crippen LogP contribution in [0.5, 0.6) is 0 Å². The van der Waals surface area contributed by atoms with Crippen LogP contribution in [0.4, 0.5) is 23.2 Å². The van der Waals surface area contributed by atoms with Crippen molar-refractivity contribution in [1.82, 2.24) is 0 Å². The van der Waals surface area contributed by atoms with Crippen molar-refractivity contribution in [2.45, 2.75) is 30.0 Å². The number of amides is 1. The van der Waals surface area contributed by atoms with Crippen molar-refractivity contribution < 1.29 is 27.5 Å².